The van der Waals surface area contributed by atoms with Crippen molar-refractivity contribution in [3.63, 3.8) is 0 Å². The Morgan fingerprint density at radius 3 is 0.888 bits per heavy atom. The van der Waals surface area contributed by atoms with Crippen molar-refractivity contribution in [1.29, 1.82) is 0 Å². The minimum absolute atomic E-state index is 0.0963. The Kier molecular flexibility index (Phi) is 23.1. The first-order valence-corrected chi connectivity index (χ1v) is 35.9. The van der Waals surface area contributed by atoms with E-state index >= 15 is 8.78 Å². The van der Waals surface area contributed by atoms with E-state index in [1.54, 1.807) is 0 Å². The molecule has 8 aromatic rings. The minimum atomic E-state index is -0.857. The second-order valence-electron chi connectivity index (χ2n) is 27.0. The minimum Gasteiger partial charge on any atom is -0.491 e. The topological polar surface area (TPSA) is 44.2 Å². The summed E-state index contributed by atoms with van der Waals surface area (Å²) in [6, 6.07) is 44.1. The van der Waals surface area contributed by atoms with Crippen LogP contribution < -0.4 is 9.47 Å². The van der Waals surface area contributed by atoms with E-state index in [0.29, 0.717) is 22.2 Å². The Labute approximate surface area is 538 Å². The Balaban J connectivity index is 1.07. The van der Waals surface area contributed by atoms with Crippen LogP contribution in [0.15, 0.2) is 121 Å². The fourth-order valence-electron chi connectivity index (χ4n) is 15.3. The van der Waals surface area contributed by atoms with Crippen molar-refractivity contribution in [1.82, 2.24) is 8.75 Å². The van der Waals surface area contributed by atoms with Crippen molar-refractivity contribution in [3.05, 3.63) is 155 Å². The average Bonchev–Trinajstić information content (AvgIpc) is 1.94. The molecule has 0 aliphatic heterocycles. The number of fused-ring (bicyclic) bond motifs is 7. The quantitative estimate of drug-likeness (QED) is 0.0367. The number of benzene rings is 7. The smallest absolute Gasteiger partial charge is 0.169 e. The van der Waals surface area contributed by atoms with Crippen molar-refractivity contribution in [2.45, 2.75) is 258 Å². The second-order valence-corrected chi connectivity index (χ2v) is 27.5. The highest BCUT2D eigenvalue weighted by Gasteiger charge is 2.45. The summed E-state index contributed by atoms with van der Waals surface area (Å²) in [7, 11) is 0. The van der Waals surface area contributed by atoms with Gasteiger partial charge in [0.05, 0.1) is 23.9 Å². The Hall–Kier alpha value is -6.18. The summed E-state index contributed by atoms with van der Waals surface area (Å²) in [4.78, 5) is 0. The van der Waals surface area contributed by atoms with Crippen LogP contribution in [0.4, 0.5) is 8.78 Å². The third-order valence-electron chi connectivity index (χ3n) is 19.8. The van der Waals surface area contributed by atoms with Crippen LogP contribution in [0.1, 0.15) is 257 Å². The van der Waals surface area contributed by atoms with Crippen LogP contribution in [0.5, 0.6) is 11.5 Å². The van der Waals surface area contributed by atoms with Crippen molar-refractivity contribution in [2.24, 2.45) is 0 Å². The summed E-state index contributed by atoms with van der Waals surface area (Å²) >= 11 is 1.05. The highest BCUT2D eigenvalue weighted by Crippen LogP contribution is 2.58. The molecule has 0 spiro atoms. The SMILES string of the molecule is CCCCCCCCC1(CCCCCCCC)c2cc(-c3ccc(OC(C)C)cc3)ccc2-c2ccc(-c3c(F)c(F)c(-c4ccc5c(c4)C(CCCCCCCC)(CCCCCCCC)c4cc(-c6ccc(OC(C)C)cc6)ccc4-5)c4nsnc34)cc21. The molecule has 0 bridgehead atoms. The van der Waals surface area contributed by atoms with E-state index in [0.717, 1.165) is 85.7 Å². The first kappa shape index (κ1) is 65.8. The molecule has 2 aliphatic carbocycles. The number of aromatic nitrogens is 2. The van der Waals surface area contributed by atoms with Gasteiger partial charge in [-0.1, -0.05) is 255 Å². The summed E-state index contributed by atoms with van der Waals surface area (Å²) in [5, 5.41) is 0. The lowest BCUT2D eigenvalue weighted by atomic mass is 9.69. The van der Waals surface area contributed by atoms with Crippen molar-refractivity contribution in [2.75, 3.05) is 0 Å². The standard InChI is InChI=1S/C82H102F2N2O2S/c1-9-13-17-21-25-29-49-81(50-30-26-22-18-14-10-2)71-53-61(59-33-41-65(42-34-59)87-57(5)6)37-45-67(71)69-47-39-63(55-73(69)81)75-77(83)78(84)76(80-79(75)85-89-86-80)64-40-48-70-68-46-38-62(60-35-43-66(44-36-60)88-58(7)8)54-72(68)82(74(70)56-64,51-31-27-23-19-15-11-3)52-32-28-24-20-16-12-4/h33-48,53-58H,9-32,49-52H2,1-8H3. The molecule has 0 unspecified atom stereocenters. The van der Waals surface area contributed by atoms with Gasteiger partial charge in [-0.2, -0.15) is 8.75 Å². The summed E-state index contributed by atoms with van der Waals surface area (Å²) in [5.74, 6) is 0.0251. The molecule has 2 aliphatic rings. The number of unbranched alkanes of at least 4 members (excludes halogenated alkanes) is 20. The van der Waals surface area contributed by atoms with Gasteiger partial charge < -0.3 is 9.47 Å². The number of rotatable bonds is 36. The van der Waals surface area contributed by atoms with Gasteiger partial charge in [-0.3, -0.25) is 0 Å². The van der Waals surface area contributed by atoms with Crippen LogP contribution in [0.3, 0.4) is 0 Å². The van der Waals surface area contributed by atoms with Gasteiger partial charge in [0.1, 0.15) is 22.5 Å². The van der Waals surface area contributed by atoms with Crippen molar-refractivity contribution < 1.29 is 18.3 Å². The number of hydrogen-bond acceptors (Lipinski definition) is 5. The molecule has 0 saturated heterocycles. The summed E-state index contributed by atoms with van der Waals surface area (Å²) in [5.41, 5.74) is 16.7. The van der Waals surface area contributed by atoms with Crippen LogP contribution in [-0.4, -0.2) is 21.0 Å². The van der Waals surface area contributed by atoms with Crippen molar-refractivity contribution >= 4 is 22.8 Å². The van der Waals surface area contributed by atoms with E-state index in [1.165, 1.54) is 184 Å². The molecule has 0 saturated carbocycles. The van der Waals surface area contributed by atoms with Crippen molar-refractivity contribution in [3.8, 4) is 78.3 Å². The Morgan fingerprint density at radius 1 is 0.337 bits per heavy atom. The maximum atomic E-state index is 18.2. The summed E-state index contributed by atoms with van der Waals surface area (Å²) in [6.07, 6.45) is 33.0. The monoisotopic (exact) mass is 1220 g/mol. The molecule has 89 heavy (non-hydrogen) atoms. The fourth-order valence-corrected chi connectivity index (χ4v) is 15.8. The Morgan fingerprint density at radius 2 is 0.596 bits per heavy atom. The molecule has 10 rings (SSSR count). The maximum absolute atomic E-state index is 18.2. The lowest BCUT2D eigenvalue weighted by Gasteiger charge is -2.33. The van der Waals surface area contributed by atoms with Crippen LogP contribution >= 0.6 is 11.7 Å². The molecule has 0 fully saturated rings. The van der Waals surface area contributed by atoms with Gasteiger partial charge in [0.25, 0.3) is 0 Å². The molecule has 1 aromatic heterocycles. The fraction of sp³-hybridized carbons (Fsp3) is 0.488. The number of halogens is 2. The van der Waals surface area contributed by atoms with Gasteiger partial charge in [-0.05, 0) is 180 Å². The zero-order valence-electron chi connectivity index (χ0n) is 55.4. The number of nitrogens with zero attached hydrogens (tertiary/aromatic N) is 2. The molecular formula is C82H102F2N2O2S. The number of ether oxygens (including phenoxy) is 2. The van der Waals surface area contributed by atoms with E-state index in [-0.39, 0.29) is 34.2 Å². The van der Waals surface area contributed by atoms with E-state index in [4.69, 9.17) is 18.2 Å². The zero-order chi connectivity index (χ0) is 62.3. The molecule has 1 heterocycles. The summed E-state index contributed by atoms with van der Waals surface area (Å²) in [6.45, 7) is 17.4. The van der Waals surface area contributed by atoms with Gasteiger partial charge >= 0.3 is 0 Å². The molecule has 7 aromatic carbocycles. The van der Waals surface area contributed by atoms with Crippen LogP contribution in [0, 0.1) is 11.6 Å². The van der Waals surface area contributed by atoms with Gasteiger partial charge in [0.15, 0.2) is 11.6 Å². The average molecular weight is 1220 g/mol. The largest absolute Gasteiger partial charge is 0.491 e. The number of hydrogen-bond donors (Lipinski definition) is 0. The molecular weight excluding hydrogens is 1110 g/mol. The van der Waals surface area contributed by atoms with Gasteiger partial charge in [-0.25, -0.2) is 8.78 Å². The van der Waals surface area contributed by atoms with E-state index in [1.807, 2.05) is 12.1 Å². The lowest BCUT2D eigenvalue weighted by Crippen LogP contribution is -2.26. The first-order valence-electron chi connectivity index (χ1n) is 35.2. The third-order valence-corrected chi connectivity index (χ3v) is 20.4. The molecule has 7 heteroatoms. The normalized spacial score (nSPS) is 13.6. The van der Waals surface area contributed by atoms with Crippen LogP contribution in [0.25, 0.3) is 77.8 Å². The molecule has 0 radical (unpaired) electrons. The van der Waals surface area contributed by atoms with Gasteiger partial charge in [-0.15, -0.1) is 0 Å². The predicted octanol–water partition coefficient (Wildman–Crippen LogP) is 25.7. The molecule has 472 valence electrons. The van der Waals surface area contributed by atoms with Crippen LogP contribution in [-0.2, 0) is 10.8 Å². The van der Waals surface area contributed by atoms with E-state index in [2.05, 4.69) is 165 Å². The molecule has 4 nitrogen and oxygen atoms in total. The van der Waals surface area contributed by atoms with E-state index in [9.17, 15) is 0 Å². The third kappa shape index (κ3) is 14.8. The van der Waals surface area contributed by atoms with Crippen LogP contribution in [0.2, 0.25) is 0 Å². The van der Waals surface area contributed by atoms with E-state index < -0.39 is 11.6 Å². The Bertz CT molecular complexity index is 3310. The second kappa shape index (κ2) is 31.2. The lowest BCUT2D eigenvalue weighted by molar-refractivity contribution is 0.242. The molecule has 0 atom stereocenters. The molecule has 0 N–H and O–H groups in total. The summed E-state index contributed by atoms with van der Waals surface area (Å²) < 4.78 is 58.3. The first-order chi connectivity index (χ1) is 43.4. The highest BCUT2D eigenvalue weighted by atomic mass is 32.1. The highest BCUT2D eigenvalue weighted by molar-refractivity contribution is 7.00. The van der Waals surface area contributed by atoms with Gasteiger partial charge in [0, 0.05) is 22.0 Å². The maximum Gasteiger partial charge on any atom is 0.169 e. The van der Waals surface area contributed by atoms with Gasteiger partial charge in [0.2, 0.25) is 0 Å². The zero-order valence-corrected chi connectivity index (χ0v) is 56.2. The predicted molar refractivity (Wildman–Crippen MR) is 375 cm³/mol. The molecule has 0 amide bonds.